The van der Waals surface area contributed by atoms with Gasteiger partial charge in [0.05, 0.1) is 31.2 Å². The van der Waals surface area contributed by atoms with E-state index < -0.39 is 34.2 Å². The van der Waals surface area contributed by atoms with Gasteiger partial charge in [-0.25, -0.2) is 4.79 Å². The number of non-ortho nitro benzene ring substituents is 1. The number of barbiturate groups is 1. The van der Waals surface area contributed by atoms with Crippen molar-refractivity contribution in [2.24, 2.45) is 5.41 Å². The SMILES string of the molecule is COCCN1C(=O)NC(=O)[C@]2(Cc3cc([N+](=O)[O-])ccc3N3CCN(c4ccc(OC)cc4)C[C@H]32)C1=O. The van der Waals surface area contributed by atoms with Crippen molar-refractivity contribution in [1.29, 1.82) is 0 Å². The molecule has 0 aliphatic carbocycles. The standard InChI is InChI=1S/C25H27N5O7/c1-36-12-11-29-23(32)25(22(31)26-24(29)33)14-16-13-18(30(34)35)5-8-20(16)28-10-9-27(15-21(25)28)17-3-6-19(37-2)7-4-17/h3-8,13,21H,9-12,14-15H2,1-2H3,(H,26,31,33)/t21-,25+/m0/s1. The lowest BCUT2D eigenvalue weighted by atomic mass is 9.67. The van der Waals surface area contributed by atoms with Gasteiger partial charge in [0, 0.05) is 56.7 Å². The Morgan fingerprint density at radius 1 is 1.11 bits per heavy atom. The monoisotopic (exact) mass is 509 g/mol. The number of hydrogen-bond donors (Lipinski definition) is 1. The van der Waals surface area contributed by atoms with Crippen molar-refractivity contribution in [2.45, 2.75) is 12.5 Å². The molecule has 0 bridgehead atoms. The number of nitro benzene ring substituents is 1. The number of nitrogens with zero attached hydrogens (tertiary/aromatic N) is 4. The molecule has 3 heterocycles. The first kappa shape index (κ1) is 24.5. The maximum absolute atomic E-state index is 14.0. The van der Waals surface area contributed by atoms with Crippen LogP contribution in [0.15, 0.2) is 42.5 Å². The first-order valence-corrected chi connectivity index (χ1v) is 11.9. The highest BCUT2D eigenvalue weighted by atomic mass is 16.6. The van der Waals surface area contributed by atoms with Crippen LogP contribution >= 0.6 is 0 Å². The second-order valence-corrected chi connectivity index (χ2v) is 9.28. The lowest BCUT2D eigenvalue weighted by Gasteiger charge is -2.55. The second-order valence-electron chi connectivity index (χ2n) is 9.28. The number of fused-ring (bicyclic) bond motifs is 4. The highest BCUT2D eigenvalue weighted by Crippen LogP contribution is 2.47. The average Bonchev–Trinajstić information content (AvgIpc) is 2.91. The van der Waals surface area contributed by atoms with Gasteiger partial charge in [-0.05, 0) is 35.9 Å². The zero-order chi connectivity index (χ0) is 26.3. The molecule has 37 heavy (non-hydrogen) atoms. The Morgan fingerprint density at radius 2 is 1.86 bits per heavy atom. The lowest BCUT2D eigenvalue weighted by Crippen LogP contribution is -2.75. The molecule has 194 valence electrons. The molecule has 12 heteroatoms. The molecule has 0 saturated carbocycles. The van der Waals surface area contributed by atoms with Crippen LogP contribution < -0.4 is 19.9 Å². The van der Waals surface area contributed by atoms with Crippen molar-refractivity contribution in [3.8, 4) is 5.75 Å². The largest absolute Gasteiger partial charge is 0.497 e. The predicted octanol–water partition coefficient (Wildman–Crippen LogP) is 1.57. The maximum Gasteiger partial charge on any atom is 0.330 e. The number of nitro groups is 1. The van der Waals surface area contributed by atoms with Crippen molar-refractivity contribution in [3.63, 3.8) is 0 Å². The van der Waals surface area contributed by atoms with E-state index in [1.165, 1.54) is 19.2 Å². The number of urea groups is 1. The lowest BCUT2D eigenvalue weighted by molar-refractivity contribution is -0.384. The normalized spacial score (nSPS) is 23.0. The number of piperazine rings is 1. The fourth-order valence-corrected chi connectivity index (χ4v) is 5.59. The summed E-state index contributed by atoms with van der Waals surface area (Å²) in [6, 6.07) is 10.6. The Hall–Kier alpha value is -4.19. The molecule has 3 aliphatic rings. The van der Waals surface area contributed by atoms with Gasteiger partial charge in [-0.1, -0.05) is 0 Å². The summed E-state index contributed by atoms with van der Waals surface area (Å²) in [4.78, 5) is 56.3. The van der Waals surface area contributed by atoms with E-state index in [1.807, 2.05) is 29.2 Å². The molecular weight excluding hydrogens is 482 g/mol. The summed E-state index contributed by atoms with van der Waals surface area (Å²) in [6.45, 7) is 1.48. The number of anilines is 2. The van der Waals surface area contributed by atoms with Crippen LogP contribution in [0.3, 0.4) is 0 Å². The zero-order valence-corrected chi connectivity index (χ0v) is 20.5. The summed E-state index contributed by atoms with van der Waals surface area (Å²) in [7, 11) is 3.05. The molecule has 2 fully saturated rings. The molecule has 0 unspecified atom stereocenters. The molecule has 1 N–H and O–H groups in total. The van der Waals surface area contributed by atoms with Crippen molar-refractivity contribution in [2.75, 3.05) is 56.8 Å². The van der Waals surface area contributed by atoms with Gasteiger partial charge in [-0.15, -0.1) is 0 Å². The minimum absolute atomic E-state index is 0.0209. The number of ether oxygens (including phenoxy) is 2. The number of carbonyl (C=O) groups excluding carboxylic acids is 3. The van der Waals surface area contributed by atoms with Gasteiger partial charge < -0.3 is 19.3 Å². The molecule has 0 radical (unpaired) electrons. The van der Waals surface area contributed by atoms with Crippen molar-refractivity contribution >= 4 is 34.9 Å². The molecule has 2 aromatic carbocycles. The van der Waals surface area contributed by atoms with E-state index in [-0.39, 0.29) is 25.3 Å². The quantitative estimate of drug-likeness (QED) is 0.350. The first-order chi connectivity index (χ1) is 17.8. The molecular formula is C25H27N5O7. The fraction of sp³-hybridized carbons (Fsp3) is 0.400. The Kier molecular flexibility index (Phi) is 6.20. The van der Waals surface area contributed by atoms with E-state index in [1.54, 1.807) is 13.2 Å². The number of hydrogen-bond acceptors (Lipinski definition) is 9. The van der Waals surface area contributed by atoms with Gasteiger partial charge in [0.2, 0.25) is 11.8 Å². The number of nitrogens with one attached hydrogen (secondary N) is 1. The van der Waals surface area contributed by atoms with Crippen molar-refractivity contribution in [1.82, 2.24) is 10.2 Å². The van der Waals surface area contributed by atoms with Gasteiger partial charge in [-0.3, -0.25) is 29.9 Å². The number of imide groups is 2. The van der Waals surface area contributed by atoms with Crippen molar-refractivity contribution < 1.29 is 28.8 Å². The Morgan fingerprint density at radius 3 is 2.54 bits per heavy atom. The third-order valence-corrected chi connectivity index (χ3v) is 7.46. The van der Waals surface area contributed by atoms with Crippen LogP contribution in [0.4, 0.5) is 21.9 Å². The summed E-state index contributed by atoms with van der Waals surface area (Å²) >= 11 is 0. The maximum atomic E-state index is 14.0. The third-order valence-electron chi connectivity index (χ3n) is 7.46. The molecule has 0 aromatic heterocycles. The zero-order valence-electron chi connectivity index (χ0n) is 20.5. The number of methoxy groups -OCH3 is 2. The summed E-state index contributed by atoms with van der Waals surface area (Å²) in [5.74, 6) is -0.608. The van der Waals surface area contributed by atoms with Gasteiger partial charge in [0.1, 0.15) is 5.75 Å². The minimum atomic E-state index is -1.66. The van der Waals surface area contributed by atoms with Crippen LogP contribution in [-0.4, -0.2) is 80.7 Å². The highest BCUT2D eigenvalue weighted by molar-refractivity contribution is 6.20. The van der Waals surface area contributed by atoms with Crippen LogP contribution in [0, 0.1) is 15.5 Å². The Balaban J connectivity index is 1.60. The summed E-state index contributed by atoms with van der Waals surface area (Å²) < 4.78 is 10.3. The van der Waals surface area contributed by atoms with E-state index in [9.17, 15) is 24.5 Å². The number of carbonyl (C=O) groups is 3. The first-order valence-electron chi connectivity index (χ1n) is 11.9. The molecule has 3 aliphatic heterocycles. The van der Waals surface area contributed by atoms with E-state index in [4.69, 9.17) is 9.47 Å². The summed E-state index contributed by atoms with van der Waals surface area (Å²) in [6.07, 6.45) is -0.0664. The second kappa shape index (κ2) is 9.36. The molecule has 1 spiro atoms. The fourth-order valence-electron chi connectivity index (χ4n) is 5.59. The van der Waals surface area contributed by atoms with E-state index in [0.29, 0.717) is 30.9 Å². The summed E-state index contributed by atoms with van der Waals surface area (Å²) in [5.41, 5.74) is 0.389. The van der Waals surface area contributed by atoms with Gasteiger partial charge in [0.25, 0.3) is 5.69 Å². The minimum Gasteiger partial charge on any atom is -0.497 e. The van der Waals surface area contributed by atoms with Crippen LogP contribution in [0.2, 0.25) is 0 Å². The number of rotatable bonds is 6. The smallest absolute Gasteiger partial charge is 0.330 e. The molecule has 4 amide bonds. The molecule has 5 rings (SSSR count). The van der Waals surface area contributed by atoms with Crippen LogP contribution in [-0.2, 0) is 20.7 Å². The molecule has 2 saturated heterocycles. The van der Waals surface area contributed by atoms with Gasteiger partial charge in [0.15, 0.2) is 5.41 Å². The Labute approximate surface area is 212 Å². The molecule has 2 atom stereocenters. The molecule has 12 nitrogen and oxygen atoms in total. The van der Waals surface area contributed by atoms with Crippen LogP contribution in [0.5, 0.6) is 5.75 Å². The highest BCUT2D eigenvalue weighted by Gasteiger charge is 2.63. The van der Waals surface area contributed by atoms with Crippen LogP contribution in [0.25, 0.3) is 0 Å². The van der Waals surface area contributed by atoms with Gasteiger partial charge in [-0.2, -0.15) is 0 Å². The topological polar surface area (TPSA) is 135 Å². The summed E-state index contributed by atoms with van der Waals surface area (Å²) in [5, 5.41) is 13.9. The molecule has 2 aromatic rings. The number of amides is 4. The van der Waals surface area contributed by atoms with E-state index in [2.05, 4.69) is 10.2 Å². The van der Waals surface area contributed by atoms with Gasteiger partial charge >= 0.3 is 6.03 Å². The van der Waals surface area contributed by atoms with Crippen LogP contribution in [0.1, 0.15) is 5.56 Å². The number of benzene rings is 2. The Bertz CT molecular complexity index is 1270. The predicted molar refractivity (Wildman–Crippen MR) is 133 cm³/mol. The third kappa shape index (κ3) is 3.93. The van der Waals surface area contributed by atoms with Crippen molar-refractivity contribution in [3.05, 3.63) is 58.1 Å². The average molecular weight is 510 g/mol. The van der Waals surface area contributed by atoms with E-state index in [0.717, 1.165) is 16.3 Å². The van der Waals surface area contributed by atoms with E-state index >= 15 is 0 Å².